The number of hydrogen-bond acceptors (Lipinski definition) is 7. The lowest BCUT2D eigenvalue weighted by Gasteiger charge is -2.06. The number of benzene rings is 2. The zero-order chi connectivity index (χ0) is 21.3. The highest BCUT2D eigenvalue weighted by Crippen LogP contribution is 2.32. The van der Waals surface area contributed by atoms with Gasteiger partial charge in [-0.05, 0) is 31.2 Å². The van der Waals surface area contributed by atoms with E-state index in [9.17, 15) is 13.5 Å². The van der Waals surface area contributed by atoms with Crippen LogP contribution in [0.25, 0.3) is 0 Å². The first-order valence-electron chi connectivity index (χ1n) is 7.47. The molecule has 0 unspecified atom stereocenters. The number of nitrogens with one attached hydrogen (secondary N) is 3. The Labute approximate surface area is 170 Å². The van der Waals surface area contributed by atoms with E-state index in [1.54, 1.807) is 29.7 Å². The Morgan fingerprint density at radius 3 is 2.39 bits per heavy atom. The summed E-state index contributed by atoms with van der Waals surface area (Å²) in [6.45, 7) is 1.84. The molecular weight excluding hydrogens is 456 g/mol. The first-order valence-corrected chi connectivity index (χ1v) is 9.70. The van der Waals surface area contributed by atoms with E-state index in [1.807, 2.05) is 6.92 Å². The molecule has 6 N–H and O–H groups in total. The standard InChI is InChI=1S/C9H11BrN4O3.C7H8O3S/c1-17-7-3-6(10)2-5(8(7)15)4-12-13-9(11)14-16;1-6-2-4-7(5-3-6)11(8,9)10/h2-4,15-16H,1H3,(H3,11,13,14);2-5H,1H3,(H,8,9,10). The molecule has 0 fully saturated rings. The topological polar surface area (TPSA) is 164 Å². The number of methoxy groups -OCH3 is 1. The summed E-state index contributed by atoms with van der Waals surface area (Å²) in [5, 5.41) is 28.7. The van der Waals surface area contributed by atoms with E-state index in [0.29, 0.717) is 15.8 Å². The fourth-order valence-electron chi connectivity index (χ4n) is 1.75. The summed E-state index contributed by atoms with van der Waals surface area (Å²) in [6, 6.07) is 9.22. The minimum Gasteiger partial charge on any atom is -0.504 e. The monoisotopic (exact) mass is 474 g/mol. The van der Waals surface area contributed by atoms with E-state index in [-0.39, 0.29) is 16.6 Å². The van der Waals surface area contributed by atoms with Gasteiger partial charge < -0.3 is 9.84 Å². The first-order chi connectivity index (χ1) is 13.1. The van der Waals surface area contributed by atoms with Crippen LogP contribution in [0, 0.1) is 12.3 Å². The van der Waals surface area contributed by atoms with Gasteiger partial charge in [0, 0.05) is 10.0 Å². The molecule has 0 aliphatic rings. The molecule has 152 valence electrons. The molecule has 10 nitrogen and oxygen atoms in total. The molecule has 0 amide bonds. The molecule has 28 heavy (non-hydrogen) atoms. The summed E-state index contributed by atoms with van der Waals surface area (Å²) < 4.78 is 35.2. The van der Waals surface area contributed by atoms with E-state index in [1.165, 1.54) is 25.5 Å². The second-order valence-electron chi connectivity index (χ2n) is 5.19. The maximum absolute atomic E-state index is 10.5. The normalized spacial score (nSPS) is 10.8. The summed E-state index contributed by atoms with van der Waals surface area (Å²) in [5.41, 5.74) is 5.10. The minimum atomic E-state index is -4.02. The second-order valence-corrected chi connectivity index (χ2v) is 7.53. The molecule has 0 saturated heterocycles. The maximum atomic E-state index is 10.5. The summed E-state index contributed by atoms with van der Waals surface area (Å²) in [6.07, 6.45) is 1.29. The Kier molecular flexibility index (Phi) is 8.85. The van der Waals surface area contributed by atoms with Crippen LogP contribution >= 0.6 is 15.9 Å². The van der Waals surface area contributed by atoms with Gasteiger partial charge in [-0.15, -0.1) is 0 Å². The molecule has 0 heterocycles. The van der Waals surface area contributed by atoms with Gasteiger partial charge in [0.15, 0.2) is 11.5 Å². The summed E-state index contributed by atoms with van der Waals surface area (Å²) >= 11 is 3.25. The SMILES string of the molecule is COc1cc(Br)cc(C=NNC(=N)NO)c1O.Cc1ccc(S(=O)(=O)O)cc1. The number of hydrogen-bond donors (Lipinski definition) is 6. The predicted molar refractivity (Wildman–Crippen MR) is 107 cm³/mol. The summed E-state index contributed by atoms with van der Waals surface area (Å²) in [7, 11) is -2.58. The number of phenolic OH excluding ortho intramolecular Hbond substituents is 1. The van der Waals surface area contributed by atoms with Crippen molar-refractivity contribution in [1.82, 2.24) is 10.9 Å². The molecular formula is C16H19BrN4O6S. The van der Waals surface area contributed by atoms with Gasteiger partial charge >= 0.3 is 0 Å². The van der Waals surface area contributed by atoms with Crippen molar-refractivity contribution in [3.05, 3.63) is 52.0 Å². The minimum absolute atomic E-state index is 0.0651. The van der Waals surface area contributed by atoms with E-state index in [4.69, 9.17) is 19.9 Å². The molecule has 0 aromatic heterocycles. The van der Waals surface area contributed by atoms with Crippen LogP contribution in [-0.2, 0) is 10.1 Å². The number of hydrazone groups is 1. The van der Waals surface area contributed by atoms with Crippen LogP contribution in [0.3, 0.4) is 0 Å². The number of nitrogens with zero attached hydrogens (tertiary/aromatic N) is 1. The number of aromatic hydroxyl groups is 1. The Hall–Kier alpha value is -2.67. The van der Waals surface area contributed by atoms with E-state index >= 15 is 0 Å². The van der Waals surface area contributed by atoms with Crippen LogP contribution in [0.5, 0.6) is 11.5 Å². The molecule has 12 heteroatoms. The zero-order valence-corrected chi connectivity index (χ0v) is 17.2. The zero-order valence-electron chi connectivity index (χ0n) is 14.8. The Morgan fingerprint density at radius 1 is 1.29 bits per heavy atom. The number of guanidine groups is 1. The van der Waals surface area contributed by atoms with Gasteiger partial charge in [-0.3, -0.25) is 15.2 Å². The molecule has 2 aromatic carbocycles. The Bertz CT molecular complexity index is 948. The lowest BCUT2D eigenvalue weighted by atomic mass is 10.2. The van der Waals surface area contributed by atoms with Crippen LogP contribution in [0.2, 0.25) is 0 Å². The Balaban J connectivity index is 0.000000307. The highest BCUT2D eigenvalue weighted by Gasteiger charge is 2.08. The van der Waals surface area contributed by atoms with Crippen molar-refractivity contribution < 1.29 is 28.0 Å². The van der Waals surface area contributed by atoms with Gasteiger partial charge in [0.25, 0.3) is 10.1 Å². The second kappa shape index (κ2) is 10.6. The largest absolute Gasteiger partial charge is 0.504 e. The third-order valence-corrected chi connectivity index (χ3v) is 4.43. The Morgan fingerprint density at radius 2 is 1.89 bits per heavy atom. The number of rotatable bonds is 4. The molecule has 0 saturated carbocycles. The number of hydroxylamine groups is 1. The van der Waals surface area contributed by atoms with Crippen molar-refractivity contribution in [2.24, 2.45) is 5.10 Å². The fourth-order valence-corrected chi connectivity index (χ4v) is 2.68. The molecule has 0 aliphatic heterocycles. The molecule has 0 aliphatic carbocycles. The van der Waals surface area contributed by atoms with E-state index in [2.05, 4.69) is 26.5 Å². The third-order valence-electron chi connectivity index (χ3n) is 3.10. The molecule has 0 spiro atoms. The van der Waals surface area contributed by atoms with Crippen LogP contribution < -0.4 is 15.6 Å². The number of aryl methyl sites for hydroxylation is 1. The molecule has 0 bridgehead atoms. The van der Waals surface area contributed by atoms with Gasteiger partial charge in [-0.1, -0.05) is 33.6 Å². The van der Waals surface area contributed by atoms with Crippen LogP contribution in [0.4, 0.5) is 0 Å². The molecule has 0 atom stereocenters. The number of ether oxygens (including phenoxy) is 1. The van der Waals surface area contributed by atoms with Gasteiger partial charge in [0.05, 0.1) is 18.2 Å². The van der Waals surface area contributed by atoms with Crippen molar-refractivity contribution in [1.29, 1.82) is 5.41 Å². The van der Waals surface area contributed by atoms with Gasteiger partial charge in [0.2, 0.25) is 5.96 Å². The molecule has 0 radical (unpaired) electrons. The van der Waals surface area contributed by atoms with E-state index in [0.717, 1.165) is 5.56 Å². The number of halogens is 1. The fraction of sp³-hybridized carbons (Fsp3) is 0.125. The van der Waals surface area contributed by atoms with Crippen LogP contribution in [0.1, 0.15) is 11.1 Å². The van der Waals surface area contributed by atoms with Crippen molar-refractivity contribution >= 4 is 38.2 Å². The lowest BCUT2D eigenvalue weighted by Crippen LogP contribution is -2.30. The molecule has 2 aromatic rings. The average Bonchev–Trinajstić information content (AvgIpc) is 2.64. The van der Waals surface area contributed by atoms with Crippen molar-refractivity contribution in [3.63, 3.8) is 0 Å². The van der Waals surface area contributed by atoms with Gasteiger partial charge in [0.1, 0.15) is 0 Å². The molecule has 2 rings (SSSR count). The smallest absolute Gasteiger partial charge is 0.294 e. The highest BCUT2D eigenvalue weighted by molar-refractivity contribution is 9.10. The van der Waals surface area contributed by atoms with Crippen LogP contribution in [-0.4, -0.2) is 42.6 Å². The summed E-state index contributed by atoms with van der Waals surface area (Å²) in [4.78, 5) is -0.0666. The van der Waals surface area contributed by atoms with Crippen molar-refractivity contribution in [2.75, 3.05) is 7.11 Å². The van der Waals surface area contributed by atoms with Crippen molar-refractivity contribution in [3.8, 4) is 11.5 Å². The summed E-state index contributed by atoms with van der Waals surface area (Å²) in [5.74, 6) is -0.149. The van der Waals surface area contributed by atoms with Crippen molar-refractivity contribution in [2.45, 2.75) is 11.8 Å². The van der Waals surface area contributed by atoms with Gasteiger partial charge in [-0.25, -0.2) is 10.9 Å². The highest BCUT2D eigenvalue weighted by atomic mass is 79.9. The average molecular weight is 475 g/mol. The maximum Gasteiger partial charge on any atom is 0.294 e. The number of phenols is 1. The first kappa shape index (κ1) is 23.4. The van der Waals surface area contributed by atoms with Crippen LogP contribution in [0.15, 0.2) is 50.9 Å². The van der Waals surface area contributed by atoms with E-state index < -0.39 is 10.1 Å². The third kappa shape index (κ3) is 7.52. The quantitative estimate of drug-likeness (QED) is 0.170. The lowest BCUT2D eigenvalue weighted by molar-refractivity contribution is 0.228. The predicted octanol–water partition coefficient (Wildman–Crippen LogP) is 2.24. The van der Waals surface area contributed by atoms with Gasteiger partial charge in [-0.2, -0.15) is 13.5 Å².